The average Bonchev–Trinajstić information content (AvgIpc) is 3.11. The van der Waals surface area contributed by atoms with Crippen LogP contribution < -0.4 is 9.47 Å². The van der Waals surface area contributed by atoms with Crippen LogP contribution in [0, 0.1) is 0 Å². The number of ether oxygens (including phenoxy) is 3. The van der Waals surface area contributed by atoms with E-state index < -0.39 is 0 Å². The van der Waals surface area contributed by atoms with E-state index in [2.05, 4.69) is 62.0 Å². The minimum atomic E-state index is 0.0273. The SMILES string of the molecule is CCCCCCCCCCCCCCN(C)C1CCOCCC(N(C)CCCCCCCCCCCCCC)Oc2ccc(cc2)O1. The number of hydrogen-bond acceptors (Lipinski definition) is 5. The molecular formula is C42H78N2O3. The molecule has 0 saturated heterocycles. The molecule has 0 radical (unpaired) electrons. The van der Waals surface area contributed by atoms with Gasteiger partial charge in [-0.05, 0) is 51.2 Å². The second kappa shape index (κ2) is 29.6. The minimum Gasteiger partial charge on any atom is -0.475 e. The lowest BCUT2D eigenvalue weighted by Crippen LogP contribution is -2.39. The molecule has 2 aliphatic heterocycles. The summed E-state index contributed by atoms with van der Waals surface area (Å²) in [5.41, 5.74) is 0. The van der Waals surface area contributed by atoms with E-state index in [0.717, 1.165) is 37.4 Å². The van der Waals surface area contributed by atoms with E-state index in [0.29, 0.717) is 13.2 Å². The maximum absolute atomic E-state index is 6.48. The van der Waals surface area contributed by atoms with Crippen molar-refractivity contribution in [3.63, 3.8) is 0 Å². The van der Waals surface area contributed by atoms with Crippen molar-refractivity contribution in [3.05, 3.63) is 24.3 Å². The highest BCUT2D eigenvalue weighted by atomic mass is 16.5. The quantitative estimate of drug-likeness (QED) is 0.0837. The molecule has 2 aliphatic rings. The molecule has 0 aliphatic carbocycles. The second-order valence-electron chi connectivity index (χ2n) is 14.5. The topological polar surface area (TPSA) is 34.2 Å². The van der Waals surface area contributed by atoms with Gasteiger partial charge in [0.2, 0.25) is 0 Å². The number of benzene rings is 1. The lowest BCUT2D eigenvalue weighted by atomic mass is 10.1. The highest BCUT2D eigenvalue weighted by Gasteiger charge is 2.20. The van der Waals surface area contributed by atoms with E-state index >= 15 is 0 Å². The van der Waals surface area contributed by atoms with Gasteiger partial charge in [-0.3, -0.25) is 9.80 Å². The molecule has 2 atom stereocenters. The van der Waals surface area contributed by atoms with Crippen molar-refractivity contribution in [3.8, 4) is 11.5 Å². The number of fused-ring (bicyclic) bond motifs is 10. The Morgan fingerprint density at radius 3 is 1.02 bits per heavy atom. The zero-order chi connectivity index (χ0) is 33.6. The number of nitrogens with zero attached hydrogens (tertiary/aromatic N) is 2. The monoisotopic (exact) mass is 659 g/mol. The molecule has 0 spiro atoms. The average molecular weight is 659 g/mol. The molecule has 2 unspecified atom stereocenters. The van der Waals surface area contributed by atoms with E-state index in [4.69, 9.17) is 14.2 Å². The third-order valence-corrected chi connectivity index (χ3v) is 10.1. The summed E-state index contributed by atoms with van der Waals surface area (Å²) in [7, 11) is 4.42. The van der Waals surface area contributed by atoms with Gasteiger partial charge in [0.1, 0.15) is 11.5 Å². The Labute approximate surface area is 292 Å². The maximum Gasteiger partial charge on any atom is 0.154 e. The smallest absolute Gasteiger partial charge is 0.154 e. The Morgan fingerprint density at radius 1 is 0.447 bits per heavy atom. The number of hydrogen-bond donors (Lipinski definition) is 0. The van der Waals surface area contributed by atoms with Gasteiger partial charge >= 0.3 is 0 Å². The number of rotatable bonds is 28. The van der Waals surface area contributed by atoms with Gasteiger partial charge in [0, 0.05) is 25.9 Å². The first-order valence-corrected chi connectivity index (χ1v) is 20.6. The van der Waals surface area contributed by atoms with Crippen LogP contribution in [0.5, 0.6) is 11.5 Å². The molecule has 0 saturated carbocycles. The Balaban J connectivity index is 1.62. The van der Waals surface area contributed by atoms with Crippen LogP contribution in [0.3, 0.4) is 0 Å². The molecule has 0 amide bonds. The Morgan fingerprint density at radius 2 is 0.723 bits per heavy atom. The molecule has 0 N–H and O–H groups in total. The van der Waals surface area contributed by atoms with Crippen LogP contribution in [-0.4, -0.2) is 62.7 Å². The largest absolute Gasteiger partial charge is 0.475 e. The van der Waals surface area contributed by atoms with E-state index in [-0.39, 0.29) is 12.5 Å². The van der Waals surface area contributed by atoms with Crippen molar-refractivity contribution in [1.29, 1.82) is 0 Å². The molecule has 274 valence electrons. The Hall–Kier alpha value is -1.30. The molecule has 2 heterocycles. The van der Waals surface area contributed by atoms with Crippen LogP contribution >= 0.6 is 0 Å². The normalized spacial score (nSPS) is 17.3. The summed E-state index contributed by atoms with van der Waals surface area (Å²) in [5, 5.41) is 0. The van der Waals surface area contributed by atoms with E-state index in [1.54, 1.807) is 0 Å². The fourth-order valence-electron chi connectivity index (χ4n) is 6.81. The third-order valence-electron chi connectivity index (χ3n) is 10.1. The van der Waals surface area contributed by atoms with Gasteiger partial charge in [0.05, 0.1) is 13.2 Å². The molecule has 0 aromatic heterocycles. The van der Waals surface area contributed by atoms with Gasteiger partial charge in [0.25, 0.3) is 0 Å². The summed E-state index contributed by atoms with van der Waals surface area (Å²) in [6, 6.07) is 8.28. The Bertz CT molecular complexity index is 739. The zero-order valence-corrected chi connectivity index (χ0v) is 31.8. The van der Waals surface area contributed by atoms with Gasteiger partial charge in [-0.2, -0.15) is 0 Å². The first kappa shape index (κ1) is 41.9. The predicted molar refractivity (Wildman–Crippen MR) is 203 cm³/mol. The molecule has 1 aromatic rings. The minimum absolute atomic E-state index is 0.0273. The number of unbranched alkanes of at least 4 members (excludes halogenated alkanes) is 22. The predicted octanol–water partition coefficient (Wildman–Crippen LogP) is 12.2. The first-order chi connectivity index (χ1) is 23.1. The van der Waals surface area contributed by atoms with Gasteiger partial charge < -0.3 is 14.2 Å². The van der Waals surface area contributed by atoms with Crippen molar-refractivity contribution >= 4 is 0 Å². The molecular weight excluding hydrogens is 580 g/mol. The highest BCUT2D eigenvalue weighted by Crippen LogP contribution is 2.24. The van der Waals surface area contributed by atoms with Crippen LogP contribution in [0.25, 0.3) is 0 Å². The van der Waals surface area contributed by atoms with Crippen molar-refractivity contribution in [2.45, 2.75) is 193 Å². The molecule has 0 fully saturated rings. The van der Waals surface area contributed by atoms with Crippen LogP contribution in [-0.2, 0) is 4.74 Å². The molecule has 47 heavy (non-hydrogen) atoms. The lowest BCUT2D eigenvalue weighted by Gasteiger charge is -2.29. The standard InChI is InChI=1S/C42H78N2O3/c1-5-7-9-11-13-15-17-19-21-23-25-27-35-43(3)41-33-37-45-38-34-42(47-40-31-29-39(46-41)30-32-40)44(4)36-28-26-24-22-20-18-16-14-12-10-8-6-2/h29-32,41-42H,5-28,33-38H2,1-4H3. The van der Waals surface area contributed by atoms with Crippen molar-refractivity contribution in [2.75, 3.05) is 40.4 Å². The van der Waals surface area contributed by atoms with Gasteiger partial charge in [-0.1, -0.05) is 155 Å². The molecule has 5 nitrogen and oxygen atoms in total. The van der Waals surface area contributed by atoms with E-state index in [9.17, 15) is 0 Å². The van der Waals surface area contributed by atoms with Crippen LogP contribution in [0.1, 0.15) is 181 Å². The maximum atomic E-state index is 6.48. The lowest BCUT2D eigenvalue weighted by molar-refractivity contribution is -0.00985. The van der Waals surface area contributed by atoms with E-state index in [1.165, 1.54) is 154 Å². The molecule has 1 aromatic carbocycles. The summed E-state index contributed by atoms with van der Waals surface area (Å²) in [4.78, 5) is 4.77. The molecule has 5 heteroatoms. The summed E-state index contributed by atoms with van der Waals surface area (Å²) in [6.45, 7) is 8.14. The Kier molecular flexibility index (Phi) is 26.4. The second-order valence-corrected chi connectivity index (χ2v) is 14.5. The first-order valence-electron chi connectivity index (χ1n) is 20.6. The summed E-state index contributed by atoms with van der Waals surface area (Å²) in [5.74, 6) is 1.81. The van der Waals surface area contributed by atoms with Gasteiger partial charge in [-0.25, -0.2) is 0 Å². The van der Waals surface area contributed by atoms with Crippen LogP contribution in [0.2, 0.25) is 0 Å². The summed E-state index contributed by atoms with van der Waals surface area (Å²) in [6.07, 6.45) is 35.0. The van der Waals surface area contributed by atoms with Crippen molar-refractivity contribution < 1.29 is 14.2 Å². The van der Waals surface area contributed by atoms with Crippen molar-refractivity contribution in [1.82, 2.24) is 9.80 Å². The third kappa shape index (κ3) is 22.1. The fraction of sp³-hybridized carbons (Fsp3) is 0.857. The van der Waals surface area contributed by atoms with Crippen molar-refractivity contribution in [2.24, 2.45) is 0 Å². The fourth-order valence-corrected chi connectivity index (χ4v) is 6.81. The molecule has 3 rings (SSSR count). The summed E-state index contributed by atoms with van der Waals surface area (Å²) >= 11 is 0. The van der Waals surface area contributed by atoms with Crippen LogP contribution in [0.4, 0.5) is 0 Å². The zero-order valence-electron chi connectivity index (χ0n) is 31.8. The molecule has 2 bridgehead atoms. The summed E-state index contributed by atoms with van der Waals surface area (Å²) < 4.78 is 19.1. The van der Waals surface area contributed by atoms with Crippen LogP contribution in [0.15, 0.2) is 24.3 Å². The van der Waals surface area contributed by atoms with Gasteiger partial charge in [0.15, 0.2) is 12.5 Å². The van der Waals surface area contributed by atoms with Gasteiger partial charge in [-0.15, -0.1) is 0 Å². The van der Waals surface area contributed by atoms with E-state index in [1.807, 2.05) is 0 Å². The highest BCUT2D eigenvalue weighted by molar-refractivity contribution is 5.31.